The molecule has 0 saturated heterocycles. The van der Waals surface area contributed by atoms with Crippen LogP contribution < -0.4 is 10.6 Å². The molecule has 1 atom stereocenters. The summed E-state index contributed by atoms with van der Waals surface area (Å²) in [7, 11) is 1.74. The molecule has 82 valence electrons. The highest BCUT2D eigenvalue weighted by Gasteiger charge is 2.16. The Labute approximate surface area is 98.4 Å². The fourth-order valence-electron chi connectivity index (χ4n) is 1.37. The van der Waals surface area contributed by atoms with Gasteiger partial charge in [-0.3, -0.25) is 4.79 Å². The van der Waals surface area contributed by atoms with Gasteiger partial charge in [-0.1, -0.05) is 22.0 Å². The van der Waals surface area contributed by atoms with Crippen LogP contribution in [-0.4, -0.2) is 19.0 Å². The van der Waals surface area contributed by atoms with E-state index in [1.807, 2.05) is 25.1 Å². The monoisotopic (exact) mass is 270 g/mol. The number of aryl methyl sites for hydroxylation is 1. The fourth-order valence-corrected chi connectivity index (χ4v) is 1.72. The third-order valence-electron chi connectivity index (χ3n) is 2.25. The summed E-state index contributed by atoms with van der Waals surface area (Å²) < 4.78 is 0.951. The minimum absolute atomic E-state index is 0.0869. The van der Waals surface area contributed by atoms with Crippen LogP contribution in [-0.2, 0) is 4.79 Å². The number of nitrogens with two attached hydrogens (primary N) is 1. The van der Waals surface area contributed by atoms with Gasteiger partial charge in [0.25, 0.3) is 0 Å². The summed E-state index contributed by atoms with van der Waals surface area (Å²) in [5.41, 5.74) is 7.49. The zero-order valence-corrected chi connectivity index (χ0v) is 10.7. The van der Waals surface area contributed by atoms with Crippen molar-refractivity contribution < 1.29 is 4.79 Å². The van der Waals surface area contributed by atoms with Gasteiger partial charge >= 0.3 is 0 Å². The van der Waals surface area contributed by atoms with E-state index in [2.05, 4.69) is 15.9 Å². The zero-order chi connectivity index (χ0) is 11.6. The van der Waals surface area contributed by atoms with Crippen LogP contribution in [0.15, 0.2) is 22.7 Å². The minimum Gasteiger partial charge on any atom is -0.320 e. The van der Waals surface area contributed by atoms with Crippen LogP contribution in [0.25, 0.3) is 0 Å². The summed E-state index contributed by atoms with van der Waals surface area (Å²) in [6.45, 7) is 3.65. The average Bonchev–Trinajstić information content (AvgIpc) is 2.19. The van der Waals surface area contributed by atoms with Gasteiger partial charge in [-0.25, -0.2) is 0 Å². The summed E-state index contributed by atoms with van der Waals surface area (Å²) in [5.74, 6) is -0.0869. The van der Waals surface area contributed by atoms with Gasteiger partial charge in [0.05, 0.1) is 6.04 Å². The lowest BCUT2D eigenvalue weighted by atomic mass is 10.1. The molecule has 0 fully saturated rings. The van der Waals surface area contributed by atoms with Crippen LogP contribution in [0.4, 0.5) is 5.69 Å². The van der Waals surface area contributed by atoms with Crippen molar-refractivity contribution >= 4 is 27.5 Å². The van der Waals surface area contributed by atoms with Gasteiger partial charge in [-0.05, 0) is 31.5 Å². The topological polar surface area (TPSA) is 46.3 Å². The van der Waals surface area contributed by atoms with E-state index in [1.54, 1.807) is 18.9 Å². The molecule has 0 aliphatic heterocycles. The van der Waals surface area contributed by atoms with E-state index < -0.39 is 6.04 Å². The standard InChI is InChI=1S/C11H15BrN2O/c1-7-4-5-9(12)6-10(7)14(3)11(15)8(2)13/h4-6,8H,13H2,1-3H3. The maximum absolute atomic E-state index is 11.7. The van der Waals surface area contributed by atoms with Gasteiger partial charge < -0.3 is 10.6 Å². The first-order valence-corrected chi connectivity index (χ1v) is 5.52. The van der Waals surface area contributed by atoms with E-state index in [9.17, 15) is 4.79 Å². The number of benzene rings is 1. The van der Waals surface area contributed by atoms with Crippen molar-refractivity contribution in [3.63, 3.8) is 0 Å². The van der Waals surface area contributed by atoms with E-state index in [0.29, 0.717) is 0 Å². The number of rotatable bonds is 2. The Balaban J connectivity index is 3.05. The normalized spacial score (nSPS) is 12.3. The molecule has 0 spiro atoms. The number of carbonyl (C=O) groups excluding carboxylic acids is 1. The van der Waals surface area contributed by atoms with E-state index in [-0.39, 0.29) is 5.91 Å². The molecule has 0 aromatic heterocycles. The Morgan fingerprint density at radius 3 is 2.67 bits per heavy atom. The SMILES string of the molecule is Cc1ccc(Br)cc1N(C)C(=O)C(C)N. The third kappa shape index (κ3) is 2.79. The maximum atomic E-state index is 11.7. The molecule has 4 heteroatoms. The number of nitrogens with zero attached hydrogens (tertiary/aromatic N) is 1. The van der Waals surface area contributed by atoms with Crippen LogP contribution in [0, 0.1) is 6.92 Å². The predicted molar refractivity (Wildman–Crippen MR) is 65.9 cm³/mol. The summed E-state index contributed by atoms with van der Waals surface area (Å²) in [6, 6.07) is 5.34. The largest absolute Gasteiger partial charge is 0.320 e. The molecule has 0 aliphatic carbocycles. The molecule has 3 nitrogen and oxygen atoms in total. The Morgan fingerprint density at radius 1 is 1.53 bits per heavy atom. The molecule has 15 heavy (non-hydrogen) atoms. The smallest absolute Gasteiger partial charge is 0.243 e. The lowest BCUT2D eigenvalue weighted by molar-refractivity contribution is -0.119. The lowest BCUT2D eigenvalue weighted by Gasteiger charge is -2.21. The molecular weight excluding hydrogens is 256 g/mol. The second-order valence-corrected chi connectivity index (χ2v) is 4.53. The second kappa shape index (κ2) is 4.77. The second-order valence-electron chi connectivity index (χ2n) is 3.62. The Hall–Kier alpha value is -0.870. The number of amides is 1. The molecule has 0 aliphatic rings. The highest BCUT2D eigenvalue weighted by Crippen LogP contribution is 2.23. The van der Waals surface area contributed by atoms with Crippen LogP contribution in [0.3, 0.4) is 0 Å². The van der Waals surface area contributed by atoms with Crippen LogP contribution in [0.2, 0.25) is 0 Å². The van der Waals surface area contributed by atoms with Crippen molar-refractivity contribution in [2.75, 3.05) is 11.9 Å². The van der Waals surface area contributed by atoms with Gasteiger partial charge in [-0.2, -0.15) is 0 Å². The molecule has 1 aromatic carbocycles. The minimum atomic E-state index is -0.478. The zero-order valence-electron chi connectivity index (χ0n) is 9.12. The number of hydrogen-bond donors (Lipinski definition) is 1. The number of carbonyl (C=O) groups is 1. The number of halogens is 1. The van der Waals surface area contributed by atoms with Crippen LogP contribution in [0.1, 0.15) is 12.5 Å². The quantitative estimate of drug-likeness (QED) is 0.895. The molecule has 0 heterocycles. The predicted octanol–water partition coefficient (Wildman–Crippen LogP) is 2.07. The van der Waals surface area contributed by atoms with Gasteiger partial charge in [0.1, 0.15) is 0 Å². The van der Waals surface area contributed by atoms with Crippen LogP contribution >= 0.6 is 15.9 Å². The highest BCUT2D eigenvalue weighted by molar-refractivity contribution is 9.10. The molecule has 2 N–H and O–H groups in total. The summed E-state index contributed by atoms with van der Waals surface area (Å²) in [4.78, 5) is 13.3. The van der Waals surface area contributed by atoms with Crippen molar-refractivity contribution in [2.45, 2.75) is 19.9 Å². The number of likely N-dealkylation sites (N-methyl/N-ethyl adjacent to an activating group) is 1. The average molecular weight is 271 g/mol. The maximum Gasteiger partial charge on any atom is 0.243 e. The number of hydrogen-bond acceptors (Lipinski definition) is 2. The number of anilines is 1. The van der Waals surface area contributed by atoms with Crippen molar-refractivity contribution in [3.05, 3.63) is 28.2 Å². The van der Waals surface area contributed by atoms with E-state index >= 15 is 0 Å². The molecular formula is C11H15BrN2O. The lowest BCUT2D eigenvalue weighted by Crippen LogP contribution is -2.40. The fraction of sp³-hybridized carbons (Fsp3) is 0.364. The molecule has 1 rings (SSSR count). The Kier molecular flexibility index (Phi) is 3.88. The van der Waals surface area contributed by atoms with E-state index in [1.165, 1.54) is 0 Å². The van der Waals surface area contributed by atoms with Crippen molar-refractivity contribution in [1.82, 2.24) is 0 Å². The third-order valence-corrected chi connectivity index (χ3v) is 2.75. The van der Waals surface area contributed by atoms with Gasteiger partial charge in [0, 0.05) is 17.2 Å². The Morgan fingerprint density at radius 2 is 2.13 bits per heavy atom. The van der Waals surface area contributed by atoms with E-state index in [4.69, 9.17) is 5.73 Å². The molecule has 1 unspecified atom stereocenters. The van der Waals surface area contributed by atoms with E-state index in [0.717, 1.165) is 15.7 Å². The first kappa shape index (κ1) is 12.2. The molecule has 0 radical (unpaired) electrons. The molecule has 0 bridgehead atoms. The summed E-state index contributed by atoms with van der Waals surface area (Å²) >= 11 is 3.38. The van der Waals surface area contributed by atoms with Gasteiger partial charge in [0.15, 0.2) is 0 Å². The molecule has 1 amide bonds. The van der Waals surface area contributed by atoms with Gasteiger partial charge in [0.2, 0.25) is 5.91 Å². The molecule has 1 aromatic rings. The summed E-state index contributed by atoms with van der Waals surface area (Å²) in [5, 5.41) is 0. The summed E-state index contributed by atoms with van der Waals surface area (Å²) in [6.07, 6.45) is 0. The van der Waals surface area contributed by atoms with Crippen molar-refractivity contribution in [3.8, 4) is 0 Å². The first-order chi connectivity index (χ1) is 6.93. The van der Waals surface area contributed by atoms with Crippen LogP contribution in [0.5, 0.6) is 0 Å². The van der Waals surface area contributed by atoms with Crippen molar-refractivity contribution in [1.29, 1.82) is 0 Å². The Bertz CT molecular complexity index is 377. The highest BCUT2D eigenvalue weighted by atomic mass is 79.9. The molecule has 0 saturated carbocycles. The first-order valence-electron chi connectivity index (χ1n) is 4.72. The van der Waals surface area contributed by atoms with Crippen molar-refractivity contribution in [2.24, 2.45) is 5.73 Å². The van der Waals surface area contributed by atoms with Gasteiger partial charge in [-0.15, -0.1) is 0 Å².